The van der Waals surface area contributed by atoms with Gasteiger partial charge in [-0.1, -0.05) is 25.0 Å². The number of carbonyl (C=O) groups is 2. The molecular weight excluding hydrogens is 448 g/mol. The van der Waals surface area contributed by atoms with Gasteiger partial charge in [0.1, 0.15) is 18.1 Å². The Morgan fingerprint density at radius 1 is 1.20 bits per heavy atom. The van der Waals surface area contributed by atoms with E-state index in [2.05, 4.69) is 16.7 Å². The summed E-state index contributed by atoms with van der Waals surface area (Å²) in [5, 5.41) is 15.1. The minimum atomic E-state index is -0.396. The maximum Gasteiger partial charge on any atom is 0.243 e. The molecule has 2 bridgehead atoms. The van der Waals surface area contributed by atoms with Crippen molar-refractivity contribution in [3.05, 3.63) is 53.1 Å². The highest BCUT2D eigenvalue weighted by Gasteiger charge is 2.20. The lowest BCUT2D eigenvalue weighted by Crippen LogP contribution is -2.41. The molecular formula is C26H36N4O5. The first kappa shape index (κ1) is 26.5. The van der Waals surface area contributed by atoms with Crippen molar-refractivity contribution in [3.63, 3.8) is 0 Å². The standard InChI is InChI=1S/C26H36N4O5/c1-34-21-13-18-6-5-11-28-22(7-3-2-4-8-25(31)30-33)26(32)29-23-15-19(16-27)9-10-24(23)35-17-20(12-18)14-21/h9-10,12-15,22,28,33H,2-8,11,16-17,27H2,1H3,(H,29,32)(H,30,31). The van der Waals surface area contributed by atoms with Crippen molar-refractivity contribution >= 4 is 17.5 Å². The van der Waals surface area contributed by atoms with Crippen molar-refractivity contribution in [2.75, 3.05) is 19.0 Å². The Labute approximate surface area is 206 Å². The zero-order chi connectivity index (χ0) is 25.0. The summed E-state index contributed by atoms with van der Waals surface area (Å²) in [6, 6.07) is 11.3. The second-order valence-corrected chi connectivity index (χ2v) is 8.75. The average molecular weight is 485 g/mol. The van der Waals surface area contributed by atoms with E-state index >= 15 is 0 Å². The van der Waals surface area contributed by atoms with Crippen LogP contribution in [0.3, 0.4) is 0 Å². The van der Waals surface area contributed by atoms with Crippen LogP contribution >= 0.6 is 0 Å². The maximum atomic E-state index is 13.2. The molecule has 0 aliphatic carbocycles. The van der Waals surface area contributed by atoms with Crippen molar-refractivity contribution in [2.45, 2.75) is 64.1 Å². The van der Waals surface area contributed by atoms with Crippen LogP contribution < -0.4 is 31.3 Å². The molecule has 0 saturated heterocycles. The first-order valence-corrected chi connectivity index (χ1v) is 12.1. The molecule has 2 aromatic rings. The Bertz CT molecular complexity index is 998. The number of hydrogen-bond acceptors (Lipinski definition) is 7. The summed E-state index contributed by atoms with van der Waals surface area (Å²) < 4.78 is 11.6. The number of rotatable bonds is 8. The third kappa shape index (κ3) is 8.24. The molecule has 1 unspecified atom stereocenters. The molecule has 2 amide bonds. The van der Waals surface area contributed by atoms with E-state index in [4.69, 9.17) is 20.4 Å². The molecule has 9 nitrogen and oxygen atoms in total. The quantitative estimate of drug-likeness (QED) is 0.221. The zero-order valence-electron chi connectivity index (χ0n) is 20.3. The van der Waals surface area contributed by atoms with E-state index in [1.165, 1.54) is 0 Å². The van der Waals surface area contributed by atoms with Gasteiger partial charge in [0.2, 0.25) is 11.8 Å². The van der Waals surface area contributed by atoms with Gasteiger partial charge >= 0.3 is 0 Å². The molecule has 1 heterocycles. The number of fused-ring (bicyclic) bond motifs is 3. The van der Waals surface area contributed by atoms with E-state index < -0.39 is 5.91 Å². The lowest BCUT2D eigenvalue weighted by molar-refractivity contribution is -0.129. The molecule has 35 heavy (non-hydrogen) atoms. The van der Waals surface area contributed by atoms with E-state index in [-0.39, 0.29) is 18.4 Å². The van der Waals surface area contributed by atoms with Crippen molar-refractivity contribution in [1.29, 1.82) is 0 Å². The van der Waals surface area contributed by atoms with Crippen LogP contribution in [0.2, 0.25) is 0 Å². The number of hydroxylamine groups is 1. The van der Waals surface area contributed by atoms with Gasteiger partial charge in [0.15, 0.2) is 0 Å². The minimum Gasteiger partial charge on any atom is -0.497 e. The van der Waals surface area contributed by atoms with Gasteiger partial charge in [0, 0.05) is 13.0 Å². The van der Waals surface area contributed by atoms with Crippen LogP contribution in [-0.2, 0) is 29.2 Å². The van der Waals surface area contributed by atoms with Crippen LogP contribution in [0.5, 0.6) is 11.5 Å². The number of anilines is 1. The highest BCUT2D eigenvalue weighted by molar-refractivity contribution is 5.96. The number of aryl methyl sites for hydroxylation is 1. The number of unbranched alkanes of at least 4 members (excludes halogenated alkanes) is 2. The van der Waals surface area contributed by atoms with Crippen molar-refractivity contribution < 1.29 is 24.3 Å². The van der Waals surface area contributed by atoms with Crippen molar-refractivity contribution in [2.24, 2.45) is 5.73 Å². The lowest BCUT2D eigenvalue weighted by atomic mass is 10.0. The number of methoxy groups -OCH3 is 1. The minimum absolute atomic E-state index is 0.130. The molecule has 0 radical (unpaired) electrons. The summed E-state index contributed by atoms with van der Waals surface area (Å²) in [7, 11) is 1.66. The summed E-state index contributed by atoms with van der Waals surface area (Å²) in [6.07, 6.45) is 4.80. The van der Waals surface area contributed by atoms with Crippen LogP contribution in [0.4, 0.5) is 5.69 Å². The fourth-order valence-electron chi connectivity index (χ4n) is 4.14. The number of hydrogen-bond donors (Lipinski definition) is 5. The van der Waals surface area contributed by atoms with Crippen LogP contribution in [-0.4, -0.2) is 36.7 Å². The van der Waals surface area contributed by atoms with Crippen molar-refractivity contribution in [3.8, 4) is 11.5 Å². The van der Waals surface area contributed by atoms with Gasteiger partial charge in [-0.15, -0.1) is 0 Å². The van der Waals surface area contributed by atoms with Crippen LogP contribution in [0.1, 0.15) is 55.2 Å². The van der Waals surface area contributed by atoms with Gasteiger partial charge in [0.05, 0.1) is 18.8 Å². The van der Waals surface area contributed by atoms with Gasteiger partial charge in [-0.3, -0.25) is 14.8 Å². The van der Waals surface area contributed by atoms with Crippen LogP contribution in [0.15, 0.2) is 36.4 Å². The smallest absolute Gasteiger partial charge is 0.243 e. The van der Waals surface area contributed by atoms with Crippen LogP contribution in [0, 0.1) is 0 Å². The highest BCUT2D eigenvalue weighted by atomic mass is 16.5. The predicted octanol–water partition coefficient (Wildman–Crippen LogP) is 3.03. The van der Waals surface area contributed by atoms with Gasteiger partial charge < -0.3 is 25.8 Å². The molecule has 1 atom stereocenters. The summed E-state index contributed by atoms with van der Waals surface area (Å²) in [5.74, 6) is 0.841. The number of ether oxygens (including phenoxy) is 2. The number of nitrogens with two attached hydrogens (primary N) is 1. The number of amides is 2. The number of benzene rings is 2. The predicted molar refractivity (Wildman–Crippen MR) is 133 cm³/mol. The topological polar surface area (TPSA) is 135 Å². The molecule has 0 fully saturated rings. The van der Waals surface area contributed by atoms with Gasteiger partial charge in [-0.2, -0.15) is 0 Å². The largest absolute Gasteiger partial charge is 0.497 e. The average Bonchev–Trinajstić information content (AvgIpc) is 2.87. The van der Waals surface area contributed by atoms with E-state index in [1.54, 1.807) is 12.6 Å². The van der Waals surface area contributed by atoms with Crippen LogP contribution in [0.25, 0.3) is 0 Å². The van der Waals surface area contributed by atoms with Gasteiger partial charge in [0.25, 0.3) is 0 Å². The molecule has 0 saturated carbocycles. The first-order valence-electron chi connectivity index (χ1n) is 12.1. The first-order chi connectivity index (χ1) is 17.0. The normalized spacial score (nSPS) is 16.3. The zero-order valence-corrected chi connectivity index (χ0v) is 20.3. The van der Waals surface area contributed by atoms with E-state index in [0.717, 1.165) is 48.1 Å². The third-order valence-electron chi connectivity index (χ3n) is 6.06. The molecule has 9 heteroatoms. The Balaban J connectivity index is 1.77. The monoisotopic (exact) mass is 484 g/mol. The van der Waals surface area contributed by atoms with E-state index in [1.807, 2.05) is 30.3 Å². The fourth-order valence-corrected chi connectivity index (χ4v) is 4.14. The molecule has 2 aromatic carbocycles. The Morgan fingerprint density at radius 3 is 2.80 bits per heavy atom. The third-order valence-corrected chi connectivity index (χ3v) is 6.06. The van der Waals surface area contributed by atoms with Crippen molar-refractivity contribution in [1.82, 2.24) is 10.8 Å². The Morgan fingerprint density at radius 2 is 2.03 bits per heavy atom. The molecule has 190 valence electrons. The summed E-state index contributed by atoms with van der Waals surface area (Å²) in [5.41, 5.74) is 11.1. The number of carbonyl (C=O) groups excluding carboxylic acids is 2. The highest BCUT2D eigenvalue weighted by Crippen LogP contribution is 2.28. The molecule has 1 aliphatic heterocycles. The molecule has 6 N–H and O–H groups in total. The van der Waals surface area contributed by atoms with E-state index in [0.29, 0.717) is 44.0 Å². The van der Waals surface area contributed by atoms with Gasteiger partial charge in [-0.05, 0) is 73.2 Å². The Hall–Kier alpha value is -3.14. The summed E-state index contributed by atoms with van der Waals surface area (Å²) >= 11 is 0. The van der Waals surface area contributed by atoms with Gasteiger partial charge in [-0.25, -0.2) is 5.48 Å². The SMILES string of the molecule is COc1cc2cc(c1)COc1ccc(CN)cc1NC(=O)C(CCCCCC(=O)NO)NCCC2. The van der Waals surface area contributed by atoms with E-state index in [9.17, 15) is 9.59 Å². The second kappa shape index (κ2) is 13.7. The maximum absolute atomic E-state index is 13.2. The lowest BCUT2D eigenvalue weighted by Gasteiger charge is -2.21. The second-order valence-electron chi connectivity index (χ2n) is 8.75. The molecule has 0 spiro atoms. The number of nitrogens with one attached hydrogen (secondary N) is 3. The summed E-state index contributed by atoms with van der Waals surface area (Å²) in [4.78, 5) is 24.4. The summed E-state index contributed by atoms with van der Waals surface area (Å²) in [6.45, 7) is 1.38. The molecule has 1 aliphatic rings. The molecule has 0 aromatic heterocycles. The molecule has 3 rings (SSSR count). The fraction of sp³-hybridized carbons (Fsp3) is 0.462. The Kier molecular flexibility index (Phi) is 10.3.